The minimum absolute atomic E-state index is 0.0393. The molecule has 0 saturated carbocycles. The van der Waals surface area contributed by atoms with Gasteiger partial charge in [0.15, 0.2) is 5.96 Å². The lowest BCUT2D eigenvalue weighted by atomic mass is 10.2. The number of hydrogen-bond donors (Lipinski definition) is 2. The number of aromatic nitrogens is 3. The number of carbonyl (C=O) groups is 1. The van der Waals surface area contributed by atoms with Crippen molar-refractivity contribution in [3.05, 3.63) is 42.0 Å². The molecular weight excluding hydrogens is 334 g/mol. The SMILES string of the molecule is COc1ccc(CN=C(NCC(=O)N(C)C)NCc2ncnn2C)cc1. The fourth-order valence-corrected chi connectivity index (χ4v) is 2.04. The maximum Gasteiger partial charge on any atom is 0.241 e. The summed E-state index contributed by atoms with van der Waals surface area (Å²) >= 11 is 0. The predicted molar refractivity (Wildman–Crippen MR) is 98.7 cm³/mol. The van der Waals surface area contributed by atoms with E-state index in [1.54, 1.807) is 25.9 Å². The van der Waals surface area contributed by atoms with E-state index in [0.717, 1.165) is 17.1 Å². The van der Waals surface area contributed by atoms with Gasteiger partial charge in [0.05, 0.1) is 26.7 Å². The van der Waals surface area contributed by atoms with Crippen molar-refractivity contribution in [3.8, 4) is 5.75 Å². The fourth-order valence-electron chi connectivity index (χ4n) is 2.04. The summed E-state index contributed by atoms with van der Waals surface area (Å²) in [7, 11) is 6.88. The Morgan fingerprint density at radius 1 is 1.27 bits per heavy atom. The number of aliphatic imine (C=N–C) groups is 1. The second-order valence-corrected chi connectivity index (χ2v) is 5.81. The average molecular weight is 359 g/mol. The lowest BCUT2D eigenvalue weighted by Gasteiger charge is -2.15. The summed E-state index contributed by atoms with van der Waals surface area (Å²) in [6.45, 7) is 1.07. The second-order valence-electron chi connectivity index (χ2n) is 5.81. The van der Waals surface area contributed by atoms with Crippen molar-refractivity contribution in [2.45, 2.75) is 13.1 Å². The van der Waals surface area contributed by atoms with Crippen LogP contribution in [0, 0.1) is 0 Å². The zero-order chi connectivity index (χ0) is 18.9. The molecule has 1 amide bonds. The Kier molecular flexibility index (Phi) is 6.95. The normalized spacial score (nSPS) is 11.2. The maximum atomic E-state index is 11.8. The molecule has 0 atom stereocenters. The van der Waals surface area contributed by atoms with Gasteiger partial charge in [0.1, 0.15) is 17.9 Å². The number of methoxy groups -OCH3 is 1. The molecule has 0 fully saturated rings. The highest BCUT2D eigenvalue weighted by atomic mass is 16.5. The number of carbonyl (C=O) groups excluding carboxylic acids is 1. The Hall–Kier alpha value is -3.10. The number of rotatable bonds is 7. The van der Waals surface area contributed by atoms with E-state index < -0.39 is 0 Å². The van der Waals surface area contributed by atoms with Gasteiger partial charge in [-0.3, -0.25) is 9.48 Å². The molecular formula is C17H25N7O2. The van der Waals surface area contributed by atoms with Crippen LogP contribution in [0.15, 0.2) is 35.6 Å². The zero-order valence-corrected chi connectivity index (χ0v) is 15.6. The second kappa shape index (κ2) is 9.40. The molecule has 0 unspecified atom stereocenters. The molecule has 0 bridgehead atoms. The number of aryl methyl sites for hydroxylation is 1. The van der Waals surface area contributed by atoms with Gasteiger partial charge in [-0.05, 0) is 17.7 Å². The summed E-state index contributed by atoms with van der Waals surface area (Å²) in [5.41, 5.74) is 1.03. The number of guanidine groups is 1. The van der Waals surface area contributed by atoms with E-state index in [0.29, 0.717) is 19.0 Å². The van der Waals surface area contributed by atoms with Crippen LogP contribution in [0.2, 0.25) is 0 Å². The molecule has 0 aliphatic rings. The maximum absolute atomic E-state index is 11.8. The molecule has 2 N–H and O–H groups in total. The van der Waals surface area contributed by atoms with Crippen LogP contribution >= 0.6 is 0 Å². The van der Waals surface area contributed by atoms with E-state index in [1.165, 1.54) is 11.2 Å². The minimum atomic E-state index is -0.0393. The number of hydrogen-bond acceptors (Lipinski definition) is 5. The van der Waals surface area contributed by atoms with E-state index in [9.17, 15) is 4.79 Å². The molecule has 9 heteroatoms. The van der Waals surface area contributed by atoms with Crippen molar-refractivity contribution in [1.29, 1.82) is 0 Å². The largest absolute Gasteiger partial charge is 0.497 e. The quantitative estimate of drug-likeness (QED) is 0.539. The van der Waals surface area contributed by atoms with Crippen LogP contribution in [0.3, 0.4) is 0 Å². The van der Waals surface area contributed by atoms with E-state index in [4.69, 9.17) is 4.74 Å². The third kappa shape index (κ3) is 5.76. The third-order valence-corrected chi connectivity index (χ3v) is 3.70. The molecule has 26 heavy (non-hydrogen) atoms. The molecule has 2 rings (SSSR count). The molecule has 0 spiro atoms. The highest BCUT2D eigenvalue weighted by Gasteiger charge is 2.07. The highest BCUT2D eigenvalue weighted by Crippen LogP contribution is 2.11. The first-order valence-corrected chi connectivity index (χ1v) is 8.17. The van der Waals surface area contributed by atoms with Crippen LogP contribution in [0.5, 0.6) is 5.75 Å². The van der Waals surface area contributed by atoms with Crippen molar-refractivity contribution < 1.29 is 9.53 Å². The van der Waals surface area contributed by atoms with Gasteiger partial charge in [-0.1, -0.05) is 12.1 Å². The Morgan fingerprint density at radius 2 is 2.00 bits per heavy atom. The molecule has 0 aliphatic heterocycles. The van der Waals surface area contributed by atoms with Gasteiger partial charge in [0.2, 0.25) is 5.91 Å². The Labute approximate surface area is 153 Å². The number of benzene rings is 1. The van der Waals surface area contributed by atoms with Crippen LogP contribution in [0.25, 0.3) is 0 Å². The molecule has 0 saturated heterocycles. The van der Waals surface area contributed by atoms with Crippen LogP contribution in [-0.4, -0.2) is 59.3 Å². The van der Waals surface area contributed by atoms with Crippen molar-refractivity contribution in [3.63, 3.8) is 0 Å². The minimum Gasteiger partial charge on any atom is -0.497 e. The highest BCUT2D eigenvalue weighted by molar-refractivity contribution is 5.86. The van der Waals surface area contributed by atoms with Crippen LogP contribution in [-0.2, 0) is 24.9 Å². The summed E-state index contributed by atoms with van der Waals surface area (Å²) in [5, 5.41) is 10.2. The smallest absolute Gasteiger partial charge is 0.241 e. The molecule has 9 nitrogen and oxygen atoms in total. The molecule has 1 heterocycles. The average Bonchev–Trinajstić information content (AvgIpc) is 3.06. The van der Waals surface area contributed by atoms with Gasteiger partial charge < -0.3 is 20.3 Å². The summed E-state index contributed by atoms with van der Waals surface area (Å²) in [6.07, 6.45) is 1.49. The molecule has 0 aliphatic carbocycles. The Balaban J connectivity index is 2.02. The molecule has 1 aromatic heterocycles. The lowest BCUT2D eigenvalue weighted by Crippen LogP contribution is -2.43. The van der Waals surface area contributed by atoms with Crippen LogP contribution in [0.1, 0.15) is 11.4 Å². The first kappa shape index (κ1) is 19.2. The van der Waals surface area contributed by atoms with Crippen molar-refractivity contribution >= 4 is 11.9 Å². The van der Waals surface area contributed by atoms with E-state index >= 15 is 0 Å². The Bertz CT molecular complexity index is 738. The van der Waals surface area contributed by atoms with Gasteiger partial charge >= 0.3 is 0 Å². The van der Waals surface area contributed by atoms with Gasteiger partial charge in [-0.2, -0.15) is 5.10 Å². The van der Waals surface area contributed by atoms with Crippen molar-refractivity contribution in [2.24, 2.45) is 12.0 Å². The number of ether oxygens (including phenoxy) is 1. The molecule has 1 aromatic carbocycles. The number of likely N-dealkylation sites (N-methyl/N-ethyl adjacent to an activating group) is 1. The van der Waals surface area contributed by atoms with Gasteiger partial charge in [0, 0.05) is 21.1 Å². The predicted octanol–water partition coefficient (Wildman–Crippen LogP) is 0.147. The number of nitrogens with one attached hydrogen (secondary N) is 2. The van der Waals surface area contributed by atoms with E-state index in [2.05, 4.69) is 25.7 Å². The van der Waals surface area contributed by atoms with Crippen LogP contribution < -0.4 is 15.4 Å². The first-order chi connectivity index (χ1) is 12.5. The lowest BCUT2D eigenvalue weighted by molar-refractivity contribution is -0.127. The number of amides is 1. The molecule has 0 radical (unpaired) electrons. The monoisotopic (exact) mass is 359 g/mol. The Morgan fingerprint density at radius 3 is 2.58 bits per heavy atom. The summed E-state index contributed by atoms with van der Waals surface area (Å²) < 4.78 is 6.83. The summed E-state index contributed by atoms with van der Waals surface area (Å²) in [4.78, 5) is 22.0. The van der Waals surface area contributed by atoms with E-state index in [1.807, 2.05) is 31.3 Å². The van der Waals surface area contributed by atoms with Gasteiger partial charge in [-0.25, -0.2) is 9.98 Å². The molecule has 2 aromatic rings. The van der Waals surface area contributed by atoms with Crippen molar-refractivity contribution in [1.82, 2.24) is 30.3 Å². The molecule has 140 valence electrons. The fraction of sp³-hybridized carbons (Fsp3) is 0.412. The van der Waals surface area contributed by atoms with Gasteiger partial charge in [0.25, 0.3) is 0 Å². The van der Waals surface area contributed by atoms with Crippen LogP contribution in [0.4, 0.5) is 0 Å². The topological polar surface area (TPSA) is 96.7 Å². The van der Waals surface area contributed by atoms with Crippen molar-refractivity contribution in [2.75, 3.05) is 27.7 Å². The number of nitrogens with zero attached hydrogens (tertiary/aromatic N) is 5. The summed E-state index contributed by atoms with van der Waals surface area (Å²) in [5.74, 6) is 2.05. The van der Waals surface area contributed by atoms with E-state index in [-0.39, 0.29) is 12.5 Å². The summed E-state index contributed by atoms with van der Waals surface area (Å²) in [6, 6.07) is 7.68. The third-order valence-electron chi connectivity index (χ3n) is 3.70. The standard InChI is InChI=1S/C17H25N7O2/c1-23(2)16(25)11-20-17(19-10-15-21-12-22-24(15)3)18-9-13-5-7-14(26-4)8-6-13/h5-8,12H,9-11H2,1-4H3,(H2,18,19,20). The van der Waals surface area contributed by atoms with Gasteiger partial charge in [-0.15, -0.1) is 0 Å². The first-order valence-electron chi connectivity index (χ1n) is 8.17. The zero-order valence-electron chi connectivity index (χ0n) is 15.6.